The van der Waals surface area contributed by atoms with Gasteiger partial charge in [-0.3, -0.25) is 9.59 Å². The highest BCUT2D eigenvalue weighted by molar-refractivity contribution is 5.93. The lowest BCUT2D eigenvalue weighted by atomic mass is 9.97. The Bertz CT molecular complexity index is 306. The van der Waals surface area contributed by atoms with Crippen molar-refractivity contribution < 1.29 is 14.3 Å². The van der Waals surface area contributed by atoms with Crippen molar-refractivity contribution in [3.8, 4) is 0 Å². The average molecular weight is 242 g/mol. The van der Waals surface area contributed by atoms with Gasteiger partial charge >= 0.3 is 0 Å². The number of nitrogens with zero attached hydrogens (tertiary/aromatic N) is 1. The molecule has 0 aromatic rings. The minimum atomic E-state index is -0.777. The van der Waals surface area contributed by atoms with Crippen LogP contribution in [0.25, 0.3) is 0 Å². The quantitative estimate of drug-likeness (QED) is 0.782. The third-order valence-corrected chi connectivity index (χ3v) is 3.37. The molecule has 0 aromatic carbocycles. The van der Waals surface area contributed by atoms with Crippen molar-refractivity contribution in [3.63, 3.8) is 0 Å². The van der Waals surface area contributed by atoms with Crippen molar-refractivity contribution in [2.45, 2.75) is 45.3 Å². The number of amides is 2. The molecule has 2 unspecified atom stereocenters. The zero-order valence-electron chi connectivity index (χ0n) is 11.1. The zero-order valence-corrected chi connectivity index (χ0v) is 11.1. The van der Waals surface area contributed by atoms with Gasteiger partial charge in [0.15, 0.2) is 0 Å². The first kappa shape index (κ1) is 14.0. The molecule has 0 saturated carbocycles. The van der Waals surface area contributed by atoms with Crippen LogP contribution in [0.3, 0.4) is 0 Å². The zero-order chi connectivity index (χ0) is 13.1. The molecular formula is C12H22N2O3. The van der Waals surface area contributed by atoms with Crippen LogP contribution in [-0.2, 0) is 14.3 Å². The molecule has 2 atom stereocenters. The Morgan fingerprint density at radius 3 is 2.71 bits per heavy atom. The summed E-state index contributed by atoms with van der Waals surface area (Å²) < 4.78 is 5.17. The lowest BCUT2D eigenvalue weighted by Crippen LogP contribution is -2.55. The number of ether oxygens (including phenoxy) is 1. The van der Waals surface area contributed by atoms with Gasteiger partial charge in [-0.25, -0.2) is 0 Å². The molecule has 1 fully saturated rings. The van der Waals surface area contributed by atoms with Gasteiger partial charge in [0, 0.05) is 26.6 Å². The number of carbonyl (C=O) groups is 2. The Balaban J connectivity index is 2.84. The minimum absolute atomic E-state index is 0.0187. The topological polar surface area (TPSA) is 58.6 Å². The first-order chi connectivity index (χ1) is 7.92. The number of methoxy groups -OCH3 is 1. The Kier molecular flexibility index (Phi) is 4.51. The van der Waals surface area contributed by atoms with Gasteiger partial charge in [-0.2, -0.15) is 0 Å². The second-order valence-corrected chi connectivity index (χ2v) is 4.78. The van der Waals surface area contributed by atoms with Gasteiger partial charge in [-0.15, -0.1) is 0 Å². The maximum Gasteiger partial charge on any atom is 0.248 e. The van der Waals surface area contributed by atoms with Crippen molar-refractivity contribution in [2.75, 3.05) is 20.2 Å². The van der Waals surface area contributed by atoms with Gasteiger partial charge < -0.3 is 15.0 Å². The van der Waals surface area contributed by atoms with E-state index in [9.17, 15) is 9.59 Å². The van der Waals surface area contributed by atoms with Crippen LogP contribution in [0.4, 0.5) is 0 Å². The number of hydrogen-bond donors (Lipinski definition) is 1. The molecular weight excluding hydrogens is 220 g/mol. The molecule has 5 nitrogen and oxygen atoms in total. The van der Waals surface area contributed by atoms with Crippen LogP contribution in [0.2, 0.25) is 0 Å². The van der Waals surface area contributed by atoms with Crippen molar-refractivity contribution in [3.05, 3.63) is 0 Å². The monoisotopic (exact) mass is 242 g/mol. The molecule has 0 spiro atoms. The van der Waals surface area contributed by atoms with E-state index in [0.717, 1.165) is 0 Å². The van der Waals surface area contributed by atoms with E-state index >= 15 is 0 Å². The van der Waals surface area contributed by atoms with E-state index in [2.05, 4.69) is 5.32 Å². The molecule has 0 radical (unpaired) electrons. The number of carbonyl (C=O) groups excluding carboxylic acids is 2. The molecule has 1 saturated heterocycles. The van der Waals surface area contributed by atoms with Crippen LogP contribution < -0.4 is 5.32 Å². The fourth-order valence-corrected chi connectivity index (χ4v) is 1.91. The second kappa shape index (κ2) is 5.49. The first-order valence-electron chi connectivity index (χ1n) is 6.06. The molecule has 1 aliphatic heterocycles. The Morgan fingerprint density at radius 1 is 1.53 bits per heavy atom. The highest BCUT2D eigenvalue weighted by atomic mass is 16.5. The summed E-state index contributed by atoms with van der Waals surface area (Å²) in [6.45, 7) is 6.59. The Morgan fingerprint density at radius 2 is 2.18 bits per heavy atom. The summed E-state index contributed by atoms with van der Waals surface area (Å²) in [5.74, 6) is -0.0787. The summed E-state index contributed by atoms with van der Waals surface area (Å²) in [5, 5.41) is 2.80. The summed E-state index contributed by atoms with van der Waals surface area (Å²) in [6, 6.07) is 0. The molecule has 5 heteroatoms. The van der Waals surface area contributed by atoms with E-state index in [-0.39, 0.29) is 17.9 Å². The van der Waals surface area contributed by atoms with E-state index in [1.165, 1.54) is 0 Å². The smallest absolute Gasteiger partial charge is 0.248 e. The van der Waals surface area contributed by atoms with Crippen molar-refractivity contribution in [1.82, 2.24) is 10.2 Å². The molecule has 98 valence electrons. The lowest BCUT2D eigenvalue weighted by Gasteiger charge is -2.32. The minimum Gasteiger partial charge on any atom is -0.380 e. The third kappa shape index (κ3) is 3.19. The average Bonchev–Trinajstić information content (AvgIpc) is 2.41. The Labute approximate surface area is 102 Å². The van der Waals surface area contributed by atoms with E-state index in [0.29, 0.717) is 25.9 Å². The fourth-order valence-electron chi connectivity index (χ4n) is 1.91. The molecule has 1 rings (SSSR count). The van der Waals surface area contributed by atoms with Crippen LogP contribution in [0.15, 0.2) is 0 Å². The van der Waals surface area contributed by atoms with E-state index in [1.54, 1.807) is 18.9 Å². The summed E-state index contributed by atoms with van der Waals surface area (Å²) in [6.07, 6.45) is 0.931. The van der Waals surface area contributed by atoms with Crippen molar-refractivity contribution in [1.29, 1.82) is 0 Å². The van der Waals surface area contributed by atoms with Crippen molar-refractivity contribution >= 4 is 11.8 Å². The standard InChI is InChI=1S/C12H22N2O3/c1-5-12(3)11(16)14(8-9(2)17-4)7-6-10(15)13-12/h9H,5-8H2,1-4H3,(H,13,15). The maximum atomic E-state index is 12.4. The molecule has 0 aliphatic carbocycles. The summed E-state index contributed by atoms with van der Waals surface area (Å²) in [4.78, 5) is 25.7. The van der Waals surface area contributed by atoms with Crippen molar-refractivity contribution in [2.24, 2.45) is 0 Å². The molecule has 2 amide bonds. The number of hydrogen-bond acceptors (Lipinski definition) is 3. The van der Waals surface area contributed by atoms with Gasteiger partial charge in [-0.05, 0) is 20.3 Å². The van der Waals surface area contributed by atoms with Gasteiger partial charge in [0.1, 0.15) is 5.54 Å². The fraction of sp³-hybridized carbons (Fsp3) is 0.833. The molecule has 1 N–H and O–H groups in total. The second-order valence-electron chi connectivity index (χ2n) is 4.78. The highest BCUT2D eigenvalue weighted by Gasteiger charge is 2.39. The number of nitrogens with one attached hydrogen (secondary N) is 1. The van der Waals surface area contributed by atoms with Gasteiger partial charge in [0.2, 0.25) is 11.8 Å². The van der Waals surface area contributed by atoms with Gasteiger partial charge in [-0.1, -0.05) is 6.92 Å². The SMILES string of the molecule is CCC1(C)NC(=O)CCN(CC(C)OC)C1=O. The van der Waals surface area contributed by atoms with Gasteiger partial charge in [0.05, 0.1) is 6.10 Å². The van der Waals surface area contributed by atoms with E-state index < -0.39 is 5.54 Å². The summed E-state index contributed by atoms with van der Waals surface area (Å²) in [7, 11) is 1.62. The molecule has 1 heterocycles. The predicted octanol–water partition coefficient (Wildman–Crippen LogP) is 0.539. The summed E-state index contributed by atoms with van der Waals surface area (Å²) >= 11 is 0. The largest absolute Gasteiger partial charge is 0.380 e. The molecule has 0 aromatic heterocycles. The predicted molar refractivity (Wildman–Crippen MR) is 64.5 cm³/mol. The Hall–Kier alpha value is -1.10. The maximum absolute atomic E-state index is 12.4. The van der Waals surface area contributed by atoms with Crippen LogP contribution >= 0.6 is 0 Å². The molecule has 17 heavy (non-hydrogen) atoms. The highest BCUT2D eigenvalue weighted by Crippen LogP contribution is 2.18. The molecule has 1 aliphatic rings. The van der Waals surface area contributed by atoms with Crippen LogP contribution in [0.5, 0.6) is 0 Å². The van der Waals surface area contributed by atoms with Crippen LogP contribution in [0, 0.1) is 0 Å². The third-order valence-electron chi connectivity index (χ3n) is 3.37. The first-order valence-corrected chi connectivity index (χ1v) is 6.06. The summed E-state index contributed by atoms with van der Waals surface area (Å²) in [5.41, 5.74) is -0.777. The van der Waals surface area contributed by atoms with E-state index in [4.69, 9.17) is 4.74 Å². The van der Waals surface area contributed by atoms with Crippen LogP contribution in [-0.4, -0.2) is 48.6 Å². The number of rotatable bonds is 4. The van der Waals surface area contributed by atoms with Gasteiger partial charge in [0.25, 0.3) is 0 Å². The van der Waals surface area contributed by atoms with Crippen LogP contribution in [0.1, 0.15) is 33.6 Å². The van der Waals surface area contributed by atoms with E-state index in [1.807, 2.05) is 13.8 Å². The lowest BCUT2D eigenvalue weighted by molar-refractivity contribution is -0.139. The normalized spacial score (nSPS) is 27.6. The molecule has 0 bridgehead atoms.